The number of H-pyrrole nitrogens is 1. The van der Waals surface area contributed by atoms with Gasteiger partial charge >= 0.3 is 12.1 Å². The Morgan fingerprint density at radius 2 is 2.25 bits per heavy atom. The second-order valence-electron chi connectivity index (χ2n) is 4.35. The van der Waals surface area contributed by atoms with Gasteiger partial charge in [0, 0.05) is 6.20 Å². The van der Waals surface area contributed by atoms with E-state index in [9.17, 15) is 22.8 Å². The molecule has 0 aromatic carbocycles. The Kier molecular flexibility index (Phi) is 4.45. The lowest BCUT2D eigenvalue weighted by Crippen LogP contribution is -2.36. The highest BCUT2D eigenvalue weighted by molar-refractivity contribution is 5.88. The summed E-state index contributed by atoms with van der Waals surface area (Å²) in [6.45, 7) is -0.559. The zero-order valence-corrected chi connectivity index (χ0v) is 11.8. The molecule has 0 saturated carbocycles. The van der Waals surface area contributed by atoms with Crippen LogP contribution in [0, 0.1) is 11.8 Å². The molecule has 12 heteroatoms. The summed E-state index contributed by atoms with van der Waals surface area (Å²) in [5.41, 5.74) is 5.13. The molecule has 0 radical (unpaired) electrons. The fourth-order valence-electron chi connectivity index (χ4n) is 1.79. The number of rotatable bonds is 2. The van der Waals surface area contributed by atoms with Crippen LogP contribution < -0.4 is 22.5 Å². The summed E-state index contributed by atoms with van der Waals surface area (Å²) in [6, 6.07) is 0. The maximum Gasteiger partial charge on any atom is 0.471 e. The standard InChI is InChI=1S/C12H10F3N7O2/c13-12(14,15)10(24)18-3-1-2-6-4-22(5-19-17)8-7(6)9(23)21-11(16)20-8/h4-5H,3,17H2,(H,18,24)(H3,16,20,21,23)/b19-5+. The smallest absolute Gasteiger partial charge is 0.369 e. The van der Waals surface area contributed by atoms with Gasteiger partial charge in [-0.15, -0.1) is 0 Å². The molecular formula is C12H10F3N7O2. The first-order valence-corrected chi connectivity index (χ1v) is 6.21. The summed E-state index contributed by atoms with van der Waals surface area (Å²) in [6.07, 6.45) is -2.50. The summed E-state index contributed by atoms with van der Waals surface area (Å²) in [5, 5.41) is 4.93. The Bertz CT molecular complexity index is 930. The molecule has 0 saturated heterocycles. The van der Waals surface area contributed by atoms with E-state index in [1.807, 2.05) is 0 Å². The number of carbonyl (C=O) groups excluding carboxylic acids is 1. The van der Waals surface area contributed by atoms with Crippen molar-refractivity contribution in [1.82, 2.24) is 19.9 Å². The maximum absolute atomic E-state index is 12.0. The Labute approximate surface area is 131 Å². The number of nitrogens with two attached hydrogens (primary N) is 2. The summed E-state index contributed by atoms with van der Waals surface area (Å²) in [7, 11) is 0. The van der Waals surface area contributed by atoms with Gasteiger partial charge in [0.05, 0.1) is 12.1 Å². The molecule has 2 rings (SSSR count). The molecule has 2 aromatic heterocycles. The lowest BCUT2D eigenvalue weighted by Gasteiger charge is -2.03. The van der Waals surface area contributed by atoms with Gasteiger partial charge in [0.2, 0.25) is 5.95 Å². The molecule has 0 atom stereocenters. The third kappa shape index (κ3) is 3.46. The first kappa shape index (κ1) is 16.9. The van der Waals surface area contributed by atoms with Crippen LogP contribution in [-0.4, -0.2) is 39.5 Å². The Morgan fingerprint density at radius 3 is 2.88 bits per heavy atom. The largest absolute Gasteiger partial charge is 0.471 e. The SMILES string of the molecule is N/N=C/n1cc(C#CCNC(=O)C(F)(F)F)c2c(=O)[nH]c(N)nc21. The number of nitrogens with zero attached hydrogens (tertiary/aromatic N) is 3. The first-order chi connectivity index (χ1) is 11.2. The van der Waals surface area contributed by atoms with Crippen molar-refractivity contribution in [2.75, 3.05) is 12.3 Å². The molecule has 0 bridgehead atoms. The number of fused-ring (bicyclic) bond motifs is 1. The van der Waals surface area contributed by atoms with Crippen molar-refractivity contribution in [3.05, 3.63) is 22.1 Å². The van der Waals surface area contributed by atoms with Crippen molar-refractivity contribution in [3.63, 3.8) is 0 Å². The van der Waals surface area contributed by atoms with Crippen molar-refractivity contribution < 1.29 is 18.0 Å². The van der Waals surface area contributed by atoms with E-state index in [0.29, 0.717) is 0 Å². The average molecular weight is 341 g/mol. The number of hydrazone groups is 1. The van der Waals surface area contributed by atoms with Crippen LogP contribution in [0.1, 0.15) is 5.56 Å². The van der Waals surface area contributed by atoms with Crippen molar-refractivity contribution in [3.8, 4) is 11.8 Å². The number of carbonyl (C=O) groups is 1. The van der Waals surface area contributed by atoms with Crippen molar-refractivity contribution in [1.29, 1.82) is 0 Å². The topological polar surface area (TPSA) is 144 Å². The van der Waals surface area contributed by atoms with Crippen LogP contribution in [0.2, 0.25) is 0 Å². The lowest BCUT2D eigenvalue weighted by atomic mass is 10.2. The van der Waals surface area contributed by atoms with Gasteiger partial charge in [0.1, 0.15) is 11.7 Å². The van der Waals surface area contributed by atoms with Crippen LogP contribution in [0.3, 0.4) is 0 Å². The summed E-state index contributed by atoms with van der Waals surface area (Å²) >= 11 is 0. The Hall–Kier alpha value is -3.49. The number of amides is 1. The average Bonchev–Trinajstić information content (AvgIpc) is 2.81. The number of hydrogen-bond donors (Lipinski definition) is 4. The third-order valence-corrected chi connectivity index (χ3v) is 2.71. The van der Waals surface area contributed by atoms with E-state index < -0.39 is 24.2 Å². The number of alkyl halides is 3. The maximum atomic E-state index is 12.0. The van der Waals surface area contributed by atoms with Gasteiger partial charge in [-0.3, -0.25) is 19.1 Å². The van der Waals surface area contributed by atoms with Crippen LogP contribution in [0.15, 0.2) is 16.1 Å². The third-order valence-electron chi connectivity index (χ3n) is 2.71. The molecular weight excluding hydrogens is 331 g/mol. The molecule has 6 N–H and O–H groups in total. The van der Waals surface area contributed by atoms with Crippen molar-refractivity contribution >= 4 is 29.2 Å². The molecule has 0 spiro atoms. The molecule has 126 valence electrons. The number of halogens is 3. The molecule has 0 aliphatic carbocycles. The van der Waals surface area contributed by atoms with Gasteiger partial charge in [-0.1, -0.05) is 11.8 Å². The molecule has 2 aromatic rings. The second-order valence-corrected chi connectivity index (χ2v) is 4.35. The molecule has 1 amide bonds. The minimum atomic E-state index is -4.99. The minimum Gasteiger partial charge on any atom is -0.369 e. The molecule has 9 nitrogen and oxygen atoms in total. The highest BCUT2D eigenvalue weighted by Gasteiger charge is 2.38. The fraction of sp³-hybridized carbons (Fsp3) is 0.167. The molecule has 0 unspecified atom stereocenters. The van der Waals surface area contributed by atoms with Gasteiger partial charge in [-0.05, 0) is 0 Å². The highest BCUT2D eigenvalue weighted by Crippen LogP contribution is 2.15. The second kappa shape index (κ2) is 6.32. The predicted molar refractivity (Wildman–Crippen MR) is 78.8 cm³/mol. The minimum absolute atomic E-state index is 0.0544. The molecule has 2 heterocycles. The van der Waals surface area contributed by atoms with Crippen LogP contribution in [0.5, 0.6) is 0 Å². The van der Waals surface area contributed by atoms with Crippen LogP contribution in [0.4, 0.5) is 19.1 Å². The lowest BCUT2D eigenvalue weighted by molar-refractivity contribution is -0.173. The predicted octanol–water partition coefficient (Wildman–Crippen LogP) is -0.913. The molecule has 0 aliphatic rings. The van der Waals surface area contributed by atoms with E-state index in [-0.39, 0.29) is 22.5 Å². The van der Waals surface area contributed by atoms with E-state index in [4.69, 9.17) is 11.6 Å². The van der Waals surface area contributed by atoms with E-state index >= 15 is 0 Å². The van der Waals surface area contributed by atoms with Crippen molar-refractivity contribution in [2.24, 2.45) is 10.9 Å². The van der Waals surface area contributed by atoms with Crippen LogP contribution in [0.25, 0.3) is 11.0 Å². The summed E-state index contributed by atoms with van der Waals surface area (Å²) in [5.74, 6) is 7.58. The number of hydrogen-bond acceptors (Lipinski definition) is 6. The van der Waals surface area contributed by atoms with Gasteiger partial charge in [-0.2, -0.15) is 23.3 Å². The monoisotopic (exact) mass is 341 g/mol. The van der Waals surface area contributed by atoms with Crippen molar-refractivity contribution in [2.45, 2.75) is 6.18 Å². The number of aromatic nitrogens is 3. The van der Waals surface area contributed by atoms with Gasteiger partial charge < -0.3 is 16.9 Å². The van der Waals surface area contributed by atoms with Gasteiger partial charge in [0.15, 0.2) is 5.65 Å². The number of nitrogens with one attached hydrogen (secondary N) is 2. The Balaban J connectivity index is 2.36. The van der Waals surface area contributed by atoms with Gasteiger partial charge in [0.25, 0.3) is 5.56 Å². The quantitative estimate of drug-likeness (QED) is 0.184. The zero-order valence-electron chi connectivity index (χ0n) is 11.8. The first-order valence-electron chi connectivity index (χ1n) is 6.21. The molecule has 0 aliphatic heterocycles. The van der Waals surface area contributed by atoms with Crippen LogP contribution >= 0.6 is 0 Å². The number of nitrogen functional groups attached to an aromatic ring is 1. The van der Waals surface area contributed by atoms with Crippen LogP contribution in [-0.2, 0) is 4.79 Å². The number of aromatic amines is 1. The van der Waals surface area contributed by atoms with Gasteiger partial charge in [-0.25, -0.2) is 0 Å². The molecule has 0 fully saturated rings. The Morgan fingerprint density at radius 1 is 1.54 bits per heavy atom. The van der Waals surface area contributed by atoms with E-state index in [1.165, 1.54) is 10.8 Å². The summed E-state index contributed by atoms with van der Waals surface area (Å²) in [4.78, 5) is 28.8. The van der Waals surface area contributed by atoms with E-state index in [0.717, 1.165) is 6.34 Å². The highest BCUT2D eigenvalue weighted by atomic mass is 19.4. The zero-order chi connectivity index (χ0) is 17.9. The van der Waals surface area contributed by atoms with E-state index in [2.05, 4.69) is 26.9 Å². The van der Waals surface area contributed by atoms with E-state index in [1.54, 1.807) is 5.32 Å². The summed E-state index contributed by atoms with van der Waals surface area (Å²) < 4.78 is 37.4. The fourth-order valence-corrected chi connectivity index (χ4v) is 1.79. The normalized spacial score (nSPS) is 11.5. The number of anilines is 1. The molecule has 24 heavy (non-hydrogen) atoms.